The second-order valence-corrected chi connectivity index (χ2v) is 14.7. The molecule has 0 aliphatic rings. The van der Waals surface area contributed by atoms with Crippen LogP contribution in [-0.4, -0.2) is 0 Å². The molecular formula is S12Zn-4. The molecule has 0 spiro atoms. The monoisotopic (exact) mass is 448 g/mol. The summed E-state index contributed by atoms with van der Waals surface area (Å²) in [5.74, 6) is 0. The fourth-order valence-corrected chi connectivity index (χ4v) is 11.0. The molecule has 0 bridgehead atoms. The van der Waals surface area contributed by atoms with Crippen molar-refractivity contribution in [3.8, 4) is 0 Å². The van der Waals surface area contributed by atoms with Crippen molar-refractivity contribution in [1.29, 1.82) is 0 Å². The predicted octanol–water partition coefficient (Wildman–Crippen LogP) is 5.17. The minimum atomic E-state index is 0. The van der Waals surface area contributed by atoms with Crippen LogP contribution in [0.1, 0.15) is 0 Å². The number of hydrogen-bond donors (Lipinski definition) is 0. The molecule has 13 heavy (non-hydrogen) atoms. The van der Waals surface area contributed by atoms with Gasteiger partial charge in [-0.1, -0.05) is 0 Å². The van der Waals surface area contributed by atoms with Crippen molar-refractivity contribution >= 4 is 125 Å². The molecule has 0 saturated heterocycles. The molecule has 0 fully saturated rings. The summed E-state index contributed by atoms with van der Waals surface area (Å²) in [6.45, 7) is 0. The second kappa shape index (κ2) is 25.6. The van der Waals surface area contributed by atoms with E-state index in [1.165, 1.54) is 78.6 Å². The standard InChI is InChI=1S/2H2S6.Zn/c2*1-3-5-6-4-2;/h2*1-2H;/p-4. The van der Waals surface area contributed by atoms with Gasteiger partial charge < -0.3 is 46.6 Å². The van der Waals surface area contributed by atoms with Crippen molar-refractivity contribution in [2.24, 2.45) is 0 Å². The molecule has 0 unspecified atom stereocenters. The topological polar surface area (TPSA) is 0 Å². The van der Waals surface area contributed by atoms with Gasteiger partial charge in [-0.2, -0.15) is 0 Å². The van der Waals surface area contributed by atoms with Crippen LogP contribution in [-0.2, 0) is 66.1 Å². The van der Waals surface area contributed by atoms with E-state index in [9.17, 15) is 0 Å². The maximum absolute atomic E-state index is 4.52. The van der Waals surface area contributed by atoms with Gasteiger partial charge in [0.2, 0.25) is 0 Å². The Labute approximate surface area is 142 Å². The molecule has 0 heterocycles. The van der Waals surface area contributed by atoms with Crippen molar-refractivity contribution in [2.45, 2.75) is 0 Å². The summed E-state index contributed by atoms with van der Waals surface area (Å²) in [5.41, 5.74) is 0. The van der Waals surface area contributed by atoms with Crippen LogP contribution in [0.5, 0.6) is 0 Å². The molecule has 78 valence electrons. The first kappa shape index (κ1) is 23.0. The van der Waals surface area contributed by atoms with Crippen molar-refractivity contribution in [3.05, 3.63) is 0 Å². The Morgan fingerprint density at radius 2 is 0.615 bits per heavy atom. The van der Waals surface area contributed by atoms with E-state index in [1.807, 2.05) is 0 Å². The molecule has 13 heteroatoms. The van der Waals surface area contributed by atoms with Gasteiger partial charge in [0.05, 0.1) is 0 Å². The molecule has 0 amide bonds. The number of hydrogen-bond acceptors (Lipinski definition) is 12. The summed E-state index contributed by atoms with van der Waals surface area (Å²) < 4.78 is 0. The van der Waals surface area contributed by atoms with E-state index in [4.69, 9.17) is 0 Å². The molecule has 0 aromatic carbocycles. The van der Waals surface area contributed by atoms with Crippen LogP contribution in [0, 0.1) is 0 Å². The summed E-state index contributed by atoms with van der Waals surface area (Å²) in [6.07, 6.45) is 0. The van der Waals surface area contributed by atoms with Crippen molar-refractivity contribution in [2.75, 3.05) is 0 Å². The molecule has 0 aliphatic carbocycles. The van der Waals surface area contributed by atoms with Crippen molar-refractivity contribution < 1.29 is 19.5 Å². The van der Waals surface area contributed by atoms with Gasteiger partial charge in [-0.15, -0.1) is 0 Å². The molecule has 0 radical (unpaired) electrons. The molecule has 0 aromatic heterocycles. The quantitative estimate of drug-likeness (QED) is 0.227. The number of rotatable bonds is 6. The van der Waals surface area contributed by atoms with Crippen molar-refractivity contribution in [1.82, 2.24) is 0 Å². The van der Waals surface area contributed by atoms with Crippen LogP contribution in [0.2, 0.25) is 0 Å². The first-order valence-electron chi connectivity index (χ1n) is 1.67. The minimum Gasteiger partial charge on any atom is -0.706 e. The molecule has 0 nitrogen and oxygen atoms in total. The van der Waals surface area contributed by atoms with Gasteiger partial charge in [0.25, 0.3) is 0 Å². The van der Waals surface area contributed by atoms with Gasteiger partial charge >= 0.3 is 0 Å². The van der Waals surface area contributed by atoms with Crippen LogP contribution in [0.3, 0.4) is 0 Å². The Morgan fingerprint density at radius 3 is 0.692 bits per heavy atom. The van der Waals surface area contributed by atoms with Gasteiger partial charge in [0.15, 0.2) is 0 Å². The van der Waals surface area contributed by atoms with E-state index >= 15 is 0 Å². The zero-order chi connectivity index (χ0) is 9.66. The Bertz CT molecular complexity index is 37.1. The van der Waals surface area contributed by atoms with Gasteiger partial charge in [-0.05, 0) is 39.3 Å². The van der Waals surface area contributed by atoms with Gasteiger partial charge in [-0.25, -0.2) is 0 Å². The molecule has 0 atom stereocenters. The van der Waals surface area contributed by atoms with E-state index in [2.05, 4.69) is 46.6 Å². The van der Waals surface area contributed by atoms with E-state index in [0.29, 0.717) is 0 Å². The second-order valence-electron chi connectivity index (χ2n) is 0.544. The fourth-order valence-electron chi connectivity index (χ4n) is 0.0454. The average Bonchev–Trinajstić information content (AvgIpc) is 2.12. The SMILES string of the molecule is [S-]SSSS[S-].[S-]SSSS[S-].[Zn]. The van der Waals surface area contributed by atoms with E-state index in [1.54, 1.807) is 0 Å². The zero-order valence-electron chi connectivity index (χ0n) is 5.61. The van der Waals surface area contributed by atoms with Crippen LogP contribution < -0.4 is 0 Å². The van der Waals surface area contributed by atoms with Crippen LogP contribution in [0.25, 0.3) is 0 Å². The van der Waals surface area contributed by atoms with Crippen molar-refractivity contribution in [3.63, 3.8) is 0 Å². The average molecular weight is 450 g/mol. The van der Waals surface area contributed by atoms with Crippen LogP contribution >= 0.6 is 78.6 Å². The molecule has 0 rings (SSSR count). The normalized spacial score (nSPS) is 8.31. The molecule has 0 saturated carbocycles. The summed E-state index contributed by atoms with van der Waals surface area (Å²) >= 11 is 18.1. The first-order chi connectivity index (χ1) is 5.83. The summed E-state index contributed by atoms with van der Waals surface area (Å²) in [4.78, 5) is 0. The maximum Gasteiger partial charge on any atom is 0 e. The smallest absolute Gasteiger partial charge is 0 e. The minimum absolute atomic E-state index is 0. The third-order valence-electron chi connectivity index (χ3n) is 0.167. The Kier molecular flexibility index (Phi) is 45.2. The largest absolute Gasteiger partial charge is 0.706 e. The van der Waals surface area contributed by atoms with E-state index < -0.39 is 0 Å². The molecule has 0 aromatic rings. The van der Waals surface area contributed by atoms with Gasteiger partial charge in [-0.3, -0.25) is 39.3 Å². The summed E-state index contributed by atoms with van der Waals surface area (Å²) in [7, 11) is 11.3. The Morgan fingerprint density at radius 1 is 0.462 bits per heavy atom. The van der Waals surface area contributed by atoms with E-state index in [0.717, 1.165) is 0 Å². The Hall–Kier alpha value is 4.82. The molecule has 0 N–H and O–H groups in total. The zero-order valence-corrected chi connectivity index (χ0v) is 18.4. The maximum atomic E-state index is 4.52. The van der Waals surface area contributed by atoms with E-state index in [-0.39, 0.29) is 19.5 Å². The third-order valence-corrected chi connectivity index (χ3v) is 13.5. The van der Waals surface area contributed by atoms with Gasteiger partial charge in [0, 0.05) is 19.5 Å². The summed E-state index contributed by atoms with van der Waals surface area (Å²) in [5, 5.41) is 0. The van der Waals surface area contributed by atoms with Crippen LogP contribution in [0.15, 0.2) is 0 Å². The summed E-state index contributed by atoms with van der Waals surface area (Å²) in [6, 6.07) is 0. The molecule has 0 aliphatic heterocycles. The predicted molar refractivity (Wildman–Crippen MR) is 90.2 cm³/mol. The fraction of sp³-hybridized carbons (Fsp3) is 0. The third kappa shape index (κ3) is 31.6. The molecular weight excluding hydrogens is 450 g/mol. The Balaban J connectivity index is -0.000000143. The van der Waals surface area contributed by atoms with Gasteiger partial charge in [0.1, 0.15) is 0 Å². The first-order valence-corrected chi connectivity index (χ1v) is 15.0. The van der Waals surface area contributed by atoms with Crippen LogP contribution in [0.4, 0.5) is 0 Å².